The predicted molar refractivity (Wildman–Crippen MR) is 70.3 cm³/mol. The van der Waals surface area contributed by atoms with Crippen molar-refractivity contribution in [3.8, 4) is 0 Å². The van der Waals surface area contributed by atoms with Crippen LogP contribution in [-0.2, 0) is 13.5 Å². The van der Waals surface area contributed by atoms with Crippen LogP contribution in [0.1, 0.15) is 34.3 Å². The van der Waals surface area contributed by atoms with Gasteiger partial charge in [0.1, 0.15) is 0 Å². The van der Waals surface area contributed by atoms with Gasteiger partial charge in [-0.25, -0.2) is 0 Å². The summed E-state index contributed by atoms with van der Waals surface area (Å²) in [7, 11) is 1.92. The summed E-state index contributed by atoms with van der Waals surface area (Å²) in [6, 6.07) is 3.84. The molecule has 0 bridgehead atoms. The molecule has 4 heteroatoms. The Bertz CT molecular complexity index is 543. The van der Waals surface area contributed by atoms with E-state index in [1.165, 1.54) is 0 Å². The maximum atomic E-state index is 10.2. The summed E-state index contributed by atoms with van der Waals surface area (Å²) < 4.78 is 1.85. The van der Waals surface area contributed by atoms with Crippen molar-refractivity contribution in [3.63, 3.8) is 0 Å². The zero-order valence-corrected chi connectivity index (χ0v) is 11.3. The van der Waals surface area contributed by atoms with Crippen molar-refractivity contribution in [2.24, 2.45) is 7.05 Å². The SMILES string of the molecule is Cc1ccc(C(O)Cc2c(C)nn(C)c2C)cn1. The fourth-order valence-electron chi connectivity index (χ4n) is 2.10. The van der Waals surface area contributed by atoms with Gasteiger partial charge < -0.3 is 5.11 Å². The van der Waals surface area contributed by atoms with Crippen molar-refractivity contribution in [1.29, 1.82) is 0 Å². The molecule has 0 saturated heterocycles. The lowest BCUT2D eigenvalue weighted by molar-refractivity contribution is 0.177. The van der Waals surface area contributed by atoms with Gasteiger partial charge in [-0.05, 0) is 38.0 Å². The number of hydrogen-bond acceptors (Lipinski definition) is 3. The van der Waals surface area contributed by atoms with Gasteiger partial charge in [-0.3, -0.25) is 9.67 Å². The van der Waals surface area contributed by atoms with Gasteiger partial charge >= 0.3 is 0 Å². The summed E-state index contributed by atoms with van der Waals surface area (Å²) in [6.07, 6.45) is 1.79. The first-order valence-corrected chi connectivity index (χ1v) is 6.08. The summed E-state index contributed by atoms with van der Waals surface area (Å²) in [5.74, 6) is 0. The van der Waals surface area contributed by atoms with Crippen LogP contribution in [0.5, 0.6) is 0 Å². The highest BCUT2D eigenvalue weighted by atomic mass is 16.3. The smallest absolute Gasteiger partial charge is 0.0846 e. The van der Waals surface area contributed by atoms with Crippen LogP contribution < -0.4 is 0 Å². The van der Waals surface area contributed by atoms with E-state index in [2.05, 4.69) is 10.1 Å². The molecule has 4 nitrogen and oxygen atoms in total. The summed E-state index contributed by atoms with van der Waals surface area (Å²) in [5.41, 5.74) is 5.01. The molecule has 0 saturated carbocycles. The number of nitrogens with zero attached hydrogens (tertiary/aromatic N) is 3. The Kier molecular flexibility index (Phi) is 3.48. The maximum absolute atomic E-state index is 10.2. The number of aromatic nitrogens is 3. The number of hydrogen-bond donors (Lipinski definition) is 1. The standard InChI is InChI=1S/C14H19N3O/c1-9-5-6-12(8-15-9)14(18)7-13-10(2)16-17(4)11(13)3/h5-6,8,14,18H,7H2,1-4H3. The molecule has 1 N–H and O–H groups in total. The third kappa shape index (κ3) is 2.43. The van der Waals surface area contributed by atoms with Crippen molar-refractivity contribution >= 4 is 0 Å². The van der Waals surface area contributed by atoms with E-state index in [4.69, 9.17) is 0 Å². The maximum Gasteiger partial charge on any atom is 0.0846 e. The normalized spacial score (nSPS) is 12.7. The molecule has 0 aliphatic rings. The minimum atomic E-state index is -0.528. The van der Waals surface area contributed by atoms with Gasteiger partial charge in [-0.2, -0.15) is 5.10 Å². The molecular weight excluding hydrogens is 226 g/mol. The number of aliphatic hydroxyl groups excluding tert-OH is 1. The third-order valence-corrected chi connectivity index (χ3v) is 3.38. The van der Waals surface area contributed by atoms with E-state index in [1.54, 1.807) is 6.20 Å². The van der Waals surface area contributed by atoms with Crippen LogP contribution in [0.3, 0.4) is 0 Å². The highest BCUT2D eigenvalue weighted by molar-refractivity contribution is 5.27. The minimum Gasteiger partial charge on any atom is -0.388 e. The highest BCUT2D eigenvalue weighted by Crippen LogP contribution is 2.22. The van der Waals surface area contributed by atoms with Crippen LogP contribution >= 0.6 is 0 Å². The predicted octanol–water partition coefficient (Wildman–Crippen LogP) is 2.02. The fraction of sp³-hybridized carbons (Fsp3) is 0.429. The molecule has 0 aliphatic heterocycles. The van der Waals surface area contributed by atoms with E-state index in [0.717, 1.165) is 28.2 Å². The van der Waals surface area contributed by atoms with Gasteiger partial charge in [-0.15, -0.1) is 0 Å². The molecule has 96 valence electrons. The van der Waals surface area contributed by atoms with Gasteiger partial charge in [0.2, 0.25) is 0 Å². The van der Waals surface area contributed by atoms with Crippen LogP contribution in [-0.4, -0.2) is 19.9 Å². The van der Waals surface area contributed by atoms with E-state index >= 15 is 0 Å². The molecule has 2 rings (SSSR count). The lowest BCUT2D eigenvalue weighted by Gasteiger charge is -2.11. The Balaban J connectivity index is 2.21. The molecule has 1 unspecified atom stereocenters. The minimum absolute atomic E-state index is 0.528. The van der Waals surface area contributed by atoms with E-state index in [9.17, 15) is 5.11 Å². The monoisotopic (exact) mass is 245 g/mol. The van der Waals surface area contributed by atoms with Gasteiger partial charge in [0, 0.05) is 31.1 Å². The first kappa shape index (κ1) is 12.8. The number of pyridine rings is 1. The number of aryl methyl sites for hydroxylation is 3. The summed E-state index contributed by atoms with van der Waals surface area (Å²) in [5, 5.41) is 14.6. The Hall–Kier alpha value is -1.68. The Labute approximate surface area is 107 Å². The van der Waals surface area contributed by atoms with Crippen LogP contribution in [0.25, 0.3) is 0 Å². The second-order valence-corrected chi connectivity index (χ2v) is 4.73. The lowest BCUT2D eigenvalue weighted by atomic mass is 10.0. The molecule has 0 spiro atoms. The van der Waals surface area contributed by atoms with Crippen molar-refractivity contribution < 1.29 is 5.11 Å². The Morgan fingerprint density at radius 3 is 2.50 bits per heavy atom. The highest BCUT2D eigenvalue weighted by Gasteiger charge is 2.15. The van der Waals surface area contributed by atoms with E-state index in [1.807, 2.05) is 44.6 Å². The molecule has 0 amide bonds. The molecule has 0 fully saturated rings. The second-order valence-electron chi connectivity index (χ2n) is 4.73. The molecule has 0 aromatic carbocycles. The zero-order valence-electron chi connectivity index (χ0n) is 11.3. The number of aliphatic hydroxyl groups is 1. The lowest BCUT2D eigenvalue weighted by Crippen LogP contribution is -2.04. The first-order chi connectivity index (χ1) is 8.49. The van der Waals surface area contributed by atoms with Crippen LogP contribution in [0.15, 0.2) is 18.3 Å². The average molecular weight is 245 g/mol. The molecular formula is C14H19N3O. The summed E-state index contributed by atoms with van der Waals surface area (Å²) in [4.78, 5) is 4.21. The second kappa shape index (κ2) is 4.90. The summed E-state index contributed by atoms with van der Waals surface area (Å²) in [6.45, 7) is 5.93. The average Bonchev–Trinajstić information content (AvgIpc) is 2.57. The fourth-order valence-corrected chi connectivity index (χ4v) is 2.10. The van der Waals surface area contributed by atoms with E-state index in [0.29, 0.717) is 6.42 Å². The van der Waals surface area contributed by atoms with E-state index in [-0.39, 0.29) is 0 Å². The zero-order chi connectivity index (χ0) is 13.3. The van der Waals surface area contributed by atoms with E-state index < -0.39 is 6.10 Å². The molecule has 2 heterocycles. The molecule has 18 heavy (non-hydrogen) atoms. The van der Waals surface area contributed by atoms with Crippen molar-refractivity contribution in [3.05, 3.63) is 46.5 Å². The molecule has 0 radical (unpaired) electrons. The molecule has 1 atom stereocenters. The molecule has 2 aromatic heterocycles. The quantitative estimate of drug-likeness (QED) is 0.900. The topological polar surface area (TPSA) is 50.9 Å². The van der Waals surface area contributed by atoms with Crippen molar-refractivity contribution in [2.45, 2.75) is 33.3 Å². The van der Waals surface area contributed by atoms with Crippen molar-refractivity contribution in [2.75, 3.05) is 0 Å². The Morgan fingerprint density at radius 1 is 1.28 bits per heavy atom. The van der Waals surface area contributed by atoms with Crippen LogP contribution in [0, 0.1) is 20.8 Å². The van der Waals surface area contributed by atoms with Crippen LogP contribution in [0.2, 0.25) is 0 Å². The van der Waals surface area contributed by atoms with Gasteiger partial charge in [0.25, 0.3) is 0 Å². The third-order valence-electron chi connectivity index (χ3n) is 3.38. The molecule has 0 aliphatic carbocycles. The largest absolute Gasteiger partial charge is 0.388 e. The Morgan fingerprint density at radius 2 is 2.00 bits per heavy atom. The first-order valence-electron chi connectivity index (χ1n) is 6.08. The van der Waals surface area contributed by atoms with Crippen LogP contribution in [0.4, 0.5) is 0 Å². The van der Waals surface area contributed by atoms with Crippen molar-refractivity contribution in [1.82, 2.24) is 14.8 Å². The number of rotatable bonds is 3. The van der Waals surface area contributed by atoms with Gasteiger partial charge in [0.05, 0.1) is 11.8 Å². The summed E-state index contributed by atoms with van der Waals surface area (Å²) >= 11 is 0. The van der Waals surface area contributed by atoms with Gasteiger partial charge in [0.15, 0.2) is 0 Å². The molecule has 2 aromatic rings. The van der Waals surface area contributed by atoms with Gasteiger partial charge in [-0.1, -0.05) is 6.07 Å².